The third-order valence-electron chi connectivity index (χ3n) is 5.75. The molecule has 0 radical (unpaired) electrons. The van der Waals surface area contributed by atoms with Crippen molar-refractivity contribution < 1.29 is 19.1 Å². The van der Waals surface area contributed by atoms with Crippen LogP contribution in [0.1, 0.15) is 67.8 Å². The summed E-state index contributed by atoms with van der Waals surface area (Å²) in [7, 11) is 0. The van der Waals surface area contributed by atoms with Gasteiger partial charge >= 0.3 is 12.2 Å². The van der Waals surface area contributed by atoms with Crippen LogP contribution in [0.15, 0.2) is 46.9 Å². The van der Waals surface area contributed by atoms with Crippen molar-refractivity contribution in [2.45, 2.75) is 70.2 Å². The molecule has 2 N–H and O–H groups in total. The molecule has 1 saturated carbocycles. The van der Waals surface area contributed by atoms with Crippen molar-refractivity contribution in [2.75, 3.05) is 0 Å². The van der Waals surface area contributed by atoms with E-state index < -0.39 is 11.7 Å². The summed E-state index contributed by atoms with van der Waals surface area (Å²) in [5.41, 5.74) is 4.01. The monoisotopic (exact) mass is 500 g/mol. The molecule has 6 nitrogen and oxygen atoms in total. The van der Waals surface area contributed by atoms with Gasteiger partial charge in [-0.3, -0.25) is 0 Å². The summed E-state index contributed by atoms with van der Waals surface area (Å²) in [6.07, 6.45) is 1.95. The van der Waals surface area contributed by atoms with E-state index in [0.29, 0.717) is 5.92 Å². The number of hydrogen-bond donors (Lipinski definition) is 2. The summed E-state index contributed by atoms with van der Waals surface area (Å²) in [4.78, 5) is 24.2. The lowest BCUT2D eigenvalue weighted by molar-refractivity contribution is 0.0522. The third kappa shape index (κ3) is 5.82. The van der Waals surface area contributed by atoms with Crippen LogP contribution < -0.4 is 10.6 Å². The van der Waals surface area contributed by atoms with Crippen molar-refractivity contribution in [1.29, 1.82) is 0 Å². The van der Waals surface area contributed by atoms with E-state index >= 15 is 0 Å². The molecule has 0 aliphatic heterocycles. The summed E-state index contributed by atoms with van der Waals surface area (Å²) < 4.78 is 11.8. The van der Waals surface area contributed by atoms with Crippen molar-refractivity contribution in [2.24, 2.45) is 0 Å². The maximum Gasteiger partial charge on any atom is 0.407 e. The summed E-state index contributed by atoms with van der Waals surface area (Å²) in [6, 6.07) is 14.3. The first-order valence-electron chi connectivity index (χ1n) is 11.0. The Bertz CT molecular complexity index is 1000. The molecule has 7 heteroatoms. The number of fused-ring (bicyclic) bond motifs is 1. The summed E-state index contributed by atoms with van der Waals surface area (Å²) in [5, 5.41) is 5.89. The molecular formula is C25H29BrN2O4. The highest BCUT2D eigenvalue weighted by molar-refractivity contribution is 9.10. The van der Waals surface area contributed by atoms with E-state index in [1.54, 1.807) is 0 Å². The molecule has 2 aromatic rings. The van der Waals surface area contributed by atoms with Crippen molar-refractivity contribution in [3.8, 4) is 0 Å². The molecule has 2 amide bonds. The minimum Gasteiger partial charge on any atom is -0.445 e. The fourth-order valence-electron chi connectivity index (χ4n) is 4.11. The molecule has 0 spiro atoms. The first kappa shape index (κ1) is 22.6. The summed E-state index contributed by atoms with van der Waals surface area (Å²) in [6.45, 7) is 5.77. The second-order valence-electron chi connectivity index (χ2n) is 9.49. The Balaban J connectivity index is 1.22. The lowest BCUT2D eigenvalue weighted by atomic mass is 10.1. The van der Waals surface area contributed by atoms with Crippen molar-refractivity contribution in [3.63, 3.8) is 0 Å². The summed E-state index contributed by atoms with van der Waals surface area (Å²) >= 11 is 3.49. The van der Waals surface area contributed by atoms with Crippen LogP contribution in [-0.2, 0) is 22.5 Å². The van der Waals surface area contributed by atoms with Crippen LogP contribution in [0.4, 0.5) is 9.59 Å². The van der Waals surface area contributed by atoms with Gasteiger partial charge in [-0.05, 0) is 74.4 Å². The van der Waals surface area contributed by atoms with Gasteiger partial charge in [0.25, 0.3) is 0 Å². The minimum atomic E-state index is -0.499. The van der Waals surface area contributed by atoms with Crippen LogP contribution in [0.2, 0.25) is 0 Å². The van der Waals surface area contributed by atoms with Gasteiger partial charge in [-0.15, -0.1) is 0 Å². The fraction of sp³-hybridized carbons (Fsp3) is 0.440. The van der Waals surface area contributed by atoms with Gasteiger partial charge in [0.15, 0.2) is 0 Å². The van der Waals surface area contributed by atoms with Gasteiger partial charge in [0.1, 0.15) is 12.2 Å². The van der Waals surface area contributed by atoms with Crippen molar-refractivity contribution in [1.82, 2.24) is 10.6 Å². The smallest absolute Gasteiger partial charge is 0.407 e. The molecule has 3 atom stereocenters. The minimum absolute atomic E-state index is 0.00255. The highest BCUT2D eigenvalue weighted by atomic mass is 79.9. The molecule has 0 aromatic heterocycles. The average molecular weight is 501 g/mol. The zero-order valence-corrected chi connectivity index (χ0v) is 20.2. The van der Waals surface area contributed by atoms with Gasteiger partial charge in [-0.25, -0.2) is 9.59 Å². The number of carbonyl (C=O) groups excluding carboxylic acids is 2. The van der Waals surface area contributed by atoms with E-state index in [0.717, 1.165) is 40.4 Å². The predicted molar refractivity (Wildman–Crippen MR) is 125 cm³/mol. The molecule has 1 fully saturated rings. The number of ether oxygens (including phenoxy) is 2. The van der Waals surface area contributed by atoms with Crippen LogP contribution >= 0.6 is 15.9 Å². The topological polar surface area (TPSA) is 76.7 Å². The van der Waals surface area contributed by atoms with Gasteiger partial charge in [0.05, 0.1) is 6.04 Å². The van der Waals surface area contributed by atoms with E-state index in [1.165, 1.54) is 5.56 Å². The number of carbonyl (C=O) groups is 2. The van der Waals surface area contributed by atoms with E-state index in [9.17, 15) is 9.59 Å². The second-order valence-corrected chi connectivity index (χ2v) is 10.4. The van der Waals surface area contributed by atoms with E-state index in [2.05, 4.69) is 38.7 Å². The molecule has 2 aliphatic carbocycles. The Labute approximate surface area is 197 Å². The molecule has 0 heterocycles. The van der Waals surface area contributed by atoms with Crippen molar-refractivity contribution >= 4 is 28.1 Å². The Hall–Kier alpha value is -2.54. The quantitative estimate of drug-likeness (QED) is 0.548. The summed E-state index contributed by atoms with van der Waals surface area (Å²) in [5.74, 6) is 0.295. The van der Waals surface area contributed by atoms with Crippen molar-refractivity contribution in [3.05, 3.63) is 69.2 Å². The molecule has 2 aromatic carbocycles. The highest BCUT2D eigenvalue weighted by Crippen LogP contribution is 2.41. The Morgan fingerprint density at radius 1 is 1.06 bits per heavy atom. The molecule has 4 rings (SSSR count). The molecule has 2 aliphatic rings. The van der Waals surface area contributed by atoms with Gasteiger partial charge in [-0.2, -0.15) is 0 Å². The van der Waals surface area contributed by atoms with E-state index in [4.69, 9.17) is 9.47 Å². The maximum atomic E-state index is 12.3. The maximum absolute atomic E-state index is 12.3. The lowest BCUT2D eigenvalue weighted by Crippen LogP contribution is -2.34. The van der Waals surface area contributed by atoms with Crippen LogP contribution in [0.25, 0.3) is 0 Å². The number of aryl methyl sites for hydroxylation is 1. The molecule has 32 heavy (non-hydrogen) atoms. The zero-order valence-electron chi connectivity index (χ0n) is 18.6. The van der Waals surface area contributed by atoms with E-state index in [-0.39, 0.29) is 24.8 Å². The second kappa shape index (κ2) is 9.14. The Morgan fingerprint density at radius 2 is 1.81 bits per heavy atom. The third-order valence-corrected chi connectivity index (χ3v) is 6.24. The number of halogens is 1. The molecular weight excluding hydrogens is 472 g/mol. The predicted octanol–water partition coefficient (Wildman–Crippen LogP) is 5.74. The first-order chi connectivity index (χ1) is 15.2. The molecule has 0 saturated heterocycles. The van der Waals surface area contributed by atoms with Crippen LogP contribution in [0.5, 0.6) is 0 Å². The van der Waals surface area contributed by atoms with Crippen LogP contribution in [0.3, 0.4) is 0 Å². The van der Waals surface area contributed by atoms with Gasteiger partial charge in [-0.1, -0.05) is 46.3 Å². The van der Waals surface area contributed by atoms with Gasteiger partial charge in [0.2, 0.25) is 0 Å². The Morgan fingerprint density at radius 3 is 2.53 bits per heavy atom. The standard InChI is InChI=1S/C25H29BrN2O4/c1-25(2,3)32-24(30)28-22-13-20(22)16-6-4-15(5-7-16)14-31-23(29)27-21-11-8-17-12-18(26)9-10-19(17)21/h4-7,9-10,12,20-22H,8,11,13-14H2,1-3H3,(H,27,29)(H,28,30)/t20-,21-,22+/m0/s1. The largest absolute Gasteiger partial charge is 0.445 e. The average Bonchev–Trinajstić information content (AvgIpc) is 3.36. The van der Waals surface area contributed by atoms with Gasteiger partial charge < -0.3 is 20.1 Å². The SMILES string of the molecule is CC(C)(C)OC(=O)N[C@@H]1C[C@H]1c1ccc(COC(=O)N[C@H]2CCc3cc(Br)ccc32)cc1. The van der Waals surface area contributed by atoms with Gasteiger partial charge in [0, 0.05) is 16.4 Å². The number of nitrogens with one attached hydrogen (secondary N) is 2. The Kier molecular flexibility index (Phi) is 6.47. The lowest BCUT2D eigenvalue weighted by Gasteiger charge is -2.19. The first-order valence-corrected chi connectivity index (χ1v) is 11.8. The molecule has 0 bridgehead atoms. The molecule has 170 valence electrons. The highest BCUT2D eigenvalue weighted by Gasteiger charge is 2.40. The normalized spacial score (nSPS) is 21.4. The number of amides is 2. The fourth-order valence-corrected chi connectivity index (χ4v) is 4.52. The van der Waals surface area contributed by atoms with Crippen LogP contribution in [0, 0.1) is 0 Å². The number of benzene rings is 2. The number of hydrogen-bond acceptors (Lipinski definition) is 4. The number of alkyl carbamates (subject to hydrolysis) is 2. The van der Waals surface area contributed by atoms with E-state index in [1.807, 2.05) is 51.1 Å². The number of rotatable bonds is 5. The molecule has 0 unspecified atom stereocenters. The van der Waals surface area contributed by atoms with Crippen LogP contribution in [-0.4, -0.2) is 23.8 Å². The zero-order chi connectivity index (χ0) is 22.9.